The lowest BCUT2D eigenvalue weighted by molar-refractivity contribution is 0.0380. The second-order valence-corrected chi connectivity index (χ2v) is 14.7. The summed E-state index contributed by atoms with van der Waals surface area (Å²) in [5.41, 5.74) is 0. The van der Waals surface area contributed by atoms with Crippen molar-refractivity contribution in [3.05, 3.63) is 12.2 Å². The van der Waals surface area contributed by atoms with E-state index in [0.29, 0.717) is 0 Å². The molecular weight excluding hydrogens is 360 g/mol. The van der Waals surface area contributed by atoms with E-state index in [4.69, 9.17) is 9.16 Å². The Hall–Kier alpha value is -0.563. The average Bonchev–Trinajstić information content (AvgIpc) is 3.08. The molecule has 0 unspecified atom stereocenters. The first-order valence-electron chi connectivity index (χ1n) is 11.7. The van der Waals surface area contributed by atoms with Crippen molar-refractivity contribution < 1.29 is 9.16 Å². The van der Waals surface area contributed by atoms with Crippen LogP contribution < -0.4 is 0 Å². The van der Waals surface area contributed by atoms with Crippen molar-refractivity contribution in [1.29, 1.82) is 0 Å². The molecule has 0 N–H and O–H groups in total. The fourth-order valence-corrected chi connectivity index (χ4v) is 4.17. The number of hydrogen-bond acceptors (Lipinski definition) is 2. The predicted octanol–water partition coefficient (Wildman–Crippen LogP) is 7.65. The van der Waals surface area contributed by atoms with Crippen LogP contribution in [0.15, 0.2) is 12.2 Å². The Labute approximate surface area is 177 Å². The van der Waals surface area contributed by atoms with Crippen molar-refractivity contribution in [1.82, 2.24) is 0 Å². The first kappa shape index (κ1) is 25.5. The van der Waals surface area contributed by atoms with Crippen molar-refractivity contribution in [3.8, 4) is 11.8 Å². The highest BCUT2D eigenvalue weighted by Crippen LogP contribution is 2.37. The minimum atomic E-state index is -1.68. The van der Waals surface area contributed by atoms with Gasteiger partial charge in [-0.1, -0.05) is 90.6 Å². The molecule has 1 rings (SSSR count). The molecule has 1 aliphatic rings. The van der Waals surface area contributed by atoms with Gasteiger partial charge < -0.3 is 9.16 Å². The van der Waals surface area contributed by atoms with Gasteiger partial charge >= 0.3 is 0 Å². The highest BCUT2D eigenvalue weighted by Gasteiger charge is 2.38. The van der Waals surface area contributed by atoms with Gasteiger partial charge in [-0.25, -0.2) is 0 Å². The van der Waals surface area contributed by atoms with Gasteiger partial charge in [0.25, 0.3) is 0 Å². The van der Waals surface area contributed by atoms with E-state index >= 15 is 0 Å². The molecule has 0 radical (unpaired) electrons. The molecule has 162 valence electrons. The summed E-state index contributed by atoms with van der Waals surface area (Å²) in [6.07, 6.45) is 18.8. The van der Waals surface area contributed by atoms with E-state index in [1.807, 2.05) is 6.08 Å². The molecule has 0 aromatic carbocycles. The van der Waals surface area contributed by atoms with Gasteiger partial charge in [-0.15, -0.1) is 0 Å². The van der Waals surface area contributed by atoms with E-state index in [-0.39, 0.29) is 17.2 Å². The predicted molar refractivity (Wildman–Crippen MR) is 125 cm³/mol. The van der Waals surface area contributed by atoms with E-state index in [1.165, 1.54) is 51.4 Å². The van der Waals surface area contributed by atoms with Gasteiger partial charge in [-0.2, -0.15) is 0 Å². The summed E-state index contributed by atoms with van der Waals surface area (Å²) in [5.74, 6) is 6.45. The minimum Gasteiger partial charge on any atom is -0.414 e. The summed E-state index contributed by atoms with van der Waals surface area (Å²) in [6, 6.07) is 0. The summed E-state index contributed by atoms with van der Waals surface area (Å²) < 4.78 is 12.4. The van der Waals surface area contributed by atoms with Crippen molar-refractivity contribution in [2.24, 2.45) is 0 Å². The van der Waals surface area contributed by atoms with E-state index in [9.17, 15) is 0 Å². The molecule has 28 heavy (non-hydrogen) atoms. The molecule has 3 heteroatoms. The second-order valence-electron chi connectivity index (χ2n) is 9.85. The van der Waals surface area contributed by atoms with Crippen LogP contribution in [0.1, 0.15) is 98.3 Å². The van der Waals surface area contributed by atoms with Crippen LogP contribution in [0.4, 0.5) is 0 Å². The Morgan fingerprint density at radius 3 is 2.29 bits per heavy atom. The van der Waals surface area contributed by atoms with E-state index < -0.39 is 8.32 Å². The van der Waals surface area contributed by atoms with Crippen molar-refractivity contribution >= 4 is 8.32 Å². The lowest BCUT2D eigenvalue weighted by atomic mass is 10.1. The van der Waals surface area contributed by atoms with Gasteiger partial charge in [0.1, 0.15) is 6.10 Å². The lowest BCUT2D eigenvalue weighted by Gasteiger charge is -2.36. The highest BCUT2D eigenvalue weighted by molar-refractivity contribution is 6.74. The van der Waals surface area contributed by atoms with Crippen molar-refractivity contribution in [2.75, 3.05) is 6.61 Å². The van der Waals surface area contributed by atoms with Gasteiger partial charge in [0.05, 0.1) is 12.7 Å². The number of rotatable bonds is 12. The van der Waals surface area contributed by atoms with Crippen LogP contribution >= 0.6 is 0 Å². The molecule has 1 heterocycles. The zero-order valence-corrected chi connectivity index (χ0v) is 20.6. The molecule has 1 fully saturated rings. The number of ether oxygens (including phenoxy) is 1. The monoisotopic (exact) mass is 406 g/mol. The fraction of sp³-hybridized carbons (Fsp3) is 0.840. The Kier molecular flexibility index (Phi) is 12.4. The average molecular weight is 407 g/mol. The third-order valence-corrected chi connectivity index (χ3v) is 10.7. The first-order valence-corrected chi connectivity index (χ1v) is 14.6. The maximum absolute atomic E-state index is 6.29. The standard InChI is InChI=1S/C25H46O2Si/c1-7-8-9-10-11-12-13-14-15-16-17-18-19-23-20-21-24(27-23)22-26-28(5,6)25(2,3)4/h16-17,23-24H,7-15,20-22H2,1-6H3/b17-16+/t23-,24-/m0/s1. The van der Waals surface area contributed by atoms with Crippen LogP contribution in [0.3, 0.4) is 0 Å². The van der Waals surface area contributed by atoms with Crippen molar-refractivity contribution in [2.45, 2.75) is 129 Å². The molecule has 0 bridgehead atoms. The molecule has 1 saturated heterocycles. The zero-order chi connectivity index (χ0) is 20.9. The topological polar surface area (TPSA) is 18.5 Å². The van der Waals surface area contributed by atoms with Gasteiger partial charge in [-0.3, -0.25) is 0 Å². The van der Waals surface area contributed by atoms with Gasteiger partial charge in [-0.05, 0) is 49.9 Å². The molecule has 0 aromatic heterocycles. The van der Waals surface area contributed by atoms with Crippen molar-refractivity contribution in [3.63, 3.8) is 0 Å². The minimum absolute atomic E-state index is 0.0841. The second kappa shape index (κ2) is 13.6. The Bertz CT molecular complexity index is 493. The summed E-state index contributed by atoms with van der Waals surface area (Å²) in [6.45, 7) is 14.4. The molecule has 0 amide bonds. The Morgan fingerprint density at radius 1 is 1.00 bits per heavy atom. The quantitative estimate of drug-likeness (QED) is 0.188. The first-order chi connectivity index (χ1) is 13.3. The molecular formula is C25H46O2Si. The number of allylic oxidation sites excluding steroid dienone is 2. The van der Waals surface area contributed by atoms with Gasteiger partial charge in [0, 0.05) is 0 Å². The Morgan fingerprint density at radius 2 is 1.64 bits per heavy atom. The fourth-order valence-electron chi connectivity index (χ4n) is 3.13. The third kappa shape index (κ3) is 10.8. The number of unbranched alkanes of at least 4 members (excludes halogenated alkanes) is 8. The maximum atomic E-state index is 6.29. The summed E-state index contributed by atoms with van der Waals surface area (Å²) in [4.78, 5) is 0. The van der Waals surface area contributed by atoms with Crippen LogP contribution in [-0.4, -0.2) is 27.1 Å². The molecule has 2 atom stereocenters. The lowest BCUT2D eigenvalue weighted by Crippen LogP contribution is -2.42. The summed E-state index contributed by atoms with van der Waals surface area (Å²) in [7, 11) is -1.68. The number of hydrogen-bond donors (Lipinski definition) is 0. The van der Waals surface area contributed by atoms with Crippen LogP contribution in [0.25, 0.3) is 0 Å². The molecule has 2 nitrogen and oxygen atoms in total. The van der Waals surface area contributed by atoms with Crippen LogP contribution in [0.2, 0.25) is 18.1 Å². The van der Waals surface area contributed by atoms with Crippen LogP contribution in [0.5, 0.6) is 0 Å². The smallest absolute Gasteiger partial charge is 0.192 e. The summed E-state index contributed by atoms with van der Waals surface area (Å²) in [5, 5.41) is 0.255. The summed E-state index contributed by atoms with van der Waals surface area (Å²) >= 11 is 0. The van der Waals surface area contributed by atoms with Crippen LogP contribution in [0, 0.1) is 11.8 Å². The molecule has 0 aliphatic carbocycles. The largest absolute Gasteiger partial charge is 0.414 e. The molecule has 0 saturated carbocycles. The zero-order valence-electron chi connectivity index (χ0n) is 19.6. The van der Waals surface area contributed by atoms with Gasteiger partial charge in [0.2, 0.25) is 0 Å². The molecule has 0 aromatic rings. The molecule has 1 aliphatic heterocycles. The van der Waals surface area contributed by atoms with E-state index in [2.05, 4.69) is 58.7 Å². The van der Waals surface area contributed by atoms with Crippen LogP contribution in [-0.2, 0) is 9.16 Å². The third-order valence-electron chi connectivity index (χ3n) is 6.21. The highest BCUT2D eigenvalue weighted by atomic mass is 28.4. The van der Waals surface area contributed by atoms with E-state index in [1.54, 1.807) is 0 Å². The molecule has 0 spiro atoms. The SMILES string of the molecule is CCCCCCCCCC/C=C/C#C[C@H]1CC[C@@H](CO[Si](C)(C)C(C)(C)C)O1. The van der Waals surface area contributed by atoms with Gasteiger partial charge in [0.15, 0.2) is 8.32 Å². The Balaban J connectivity index is 2.11. The maximum Gasteiger partial charge on any atom is 0.192 e. The van der Waals surface area contributed by atoms with E-state index in [0.717, 1.165) is 25.9 Å². The normalized spacial score (nSPS) is 20.5.